The third-order valence-corrected chi connectivity index (χ3v) is 4.75. The van der Waals surface area contributed by atoms with Gasteiger partial charge >= 0.3 is 6.09 Å². The third-order valence-electron chi connectivity index (χ3n) is 3.33. The number of ether oxygens (including phenoxy) is 1. The van der Waals surface area contributed by atoms with Crippen LogP contribution in [-0.4, -0.2) is 36.9 Å². The van der Waals surface area contributed by atoms with E-state index in [2.05, 4.69) is 30.1 Å². The first-order valence-electron chi connectivity index (χ1n) is 7.58. The summed E-state index contributed by atoms with van der Waals surface area (Å²) < 4.78 is 41.4. The number of anilines is 1. The van der Waals surface area contributed by atoms with Crippen LogP contribution in [0, 0.1) is 6.92 Å². The Morgan fingerprint density at radius 1 is 1.19 bits per heavy atom. The highest BCUT2D eigenvalue weighted by molar-refractivity contribution is 7.89. The van der Waals surface area contributed by atoms with E-state index in [4.69, 9.17) is 9.05 Å². The number of carbonyl (C=O) groups is 1. The highest BCUT2D eigenvalue weighted by atomic mass is 32.2. The molecule has 11 nitrogen and oxygen atoms in total. The van der Waals surface area contributed by atoms with E-state index in [0.29, 0.717) is 17.1 Å². The summed E-state index contributed by atoms with van der Waals surface area (Å²) in [5.41, 5.74) is 0.782. The molecule has 1 aromatic carbocycles. The minimum atomic E-state index is -3.82. The van der Waals surface area contributed by atoms with E-state index in [0.717, 1.165) is 0 Å². The number of amides is 1. The second-order valence-corrected chi connectivity index (χ2v) is 7.07. The number of hydrogen-bond acceptors (Lipinski definition) is 9. The number of aryl methyl sites for hydroxylation is 1. The molecule has 0 spiro atoms. The van der Waals surface area contributed by atoms with Gasteiger partial charge in [-0.05, 0) is 31.2 Å². The smallest absolute Gasteiger partial charge is 0.411 e. The Balaban J connectivity index is 1.65. The quantitative estimate of drug-likeness (QED) is 0.637. The zero-order chi connectivity index (χ0) is 19.4. The summed E-state index contributed by atoms with van der Waals surface area (Å²) in [7, 11) is -2.59. The van der Waals surface area contributed by atoms with Gasteiger partial charge in [0.15, 0.2) is 5.69 Å². The van der Waals surface area contributed by atoms with Gasteiger partial charge in [-0.25, -0.2) is 17.9 Å². The lowest BCUT2D eigenvalue weighted by Gasteiger charge is -2.07. The lowest BCUT2D eigenvalue weighted by atomic mass is 10.3. The molecule has 12 heteroatoms. The SMILES string of the molecule is COC(=O)Nc1ccc(S(=O)(=O)NCc2nc(-c3cc(C)on3)no2)cc1. The number of rotatable bonds is 6. The molecule has 27 heavy (non-hydrogen) atoms. The fraction of sp³-hybridized carbons (Fsp3) is 0.200. The van der Waals surface area contributed by atoms with Crippen LogP contribution in [0.25, 0.3) is 11.5 Å². The summed E-state index contributed by atoms with van der Waals surface area (Å²) >= 11 is 0. The number of sulfonamides is 1. The van der Waals surface area contributed by atoms with E-state index in [9.17, 15) is 13.2 Å². The monoisotopic (exact) mass is 393 g/mol. The largest absolute Gasteiger partial charge is 0.453 e. The number of nitrogens with zero attached hydrogens (tertiary/aromatic N) is 3. The Morgan fingerprint density at radius 2 is 1.93 bits per heavy atom. The van der Waals surface area contributed by atoms with Crippen LogP contribution in [0.5, 0.6) is 0 Å². The second-order valence-electron chi connectivity index (χ2n) is 5.30. The average molecular weight is 393 g/mol. The Bertz CT molecular complexity index is 1040. The van der Waals surface area contributed by atoms with Crippen molar-refractivity contribution in [3.63, 3.8) is 0 Å². The molecule has 1 amide bonds. The van der Waals surface area contributed by atoms with Crippen molar-refractivity contribution in [2.24, 2.45) is 0 Å². The second kappa shape index (κ2) is 7.55. The topological polar surface area (TPSA) is 149 Å². The molecule has 2 aromatic heterocycles. The summed E-state index contributed by atoms with van der Waals surface area (Å²) in [5.74, 6) is 0.847. The summed E-state index contributed by atoms with van der Waals surface area (Å²) in [5, 5.41) is 9.90. The van der Waals surface area contributed by atoms with Gasteiger partial charge < -0.3 is 13.8 Å². The van der Waals surface area contributed by atoms with Crippen molar-refractivity contribution in [3.8, 4) is 11.5 Å². The molecule has 0 aliphatic carbocycles. The Labute approximate surface area is 153 Å². The summed E-state index contributed by atoms with van der Waals surface area (Å²) in [6.07, 6.45) is -0.654. The lowest BCUT2D eigenvalue weighted by molar-refractivity contribution is 0.187. The molecule has 142 valence electrons. The molecule has 2 heterocycles. The molecule has 3 rings (SSSR count). The molecule has 0 bridgehead atoms. The molecule has 2 N–H and O–H groups in total. The normalized spacial score (nSPS) is 11.3. The van der Waals surface area contributed by atoms with Crippen LogP contribution in [-0.2, 0) is 21.3 Å². The summed E-state index contributed by atoms with van der Waals surface area (Å²) in [6.45, 7) is 1.52. The van der Waals surface area contributed by atoms with Crippen LogP contribution in [0.3, 0.4) is 0 Å². The summed E-state index contributed by atoms with van der Waals surface area (Å²) in [4.78, 5) is 15.2. The number of methoxy groups -OCH3 is 1. The number of hydrogen-bond donors (Lipinski definition) is 2. The molecule has 3 aromatic rings. The van der Waals surface area contributed by atoms with Crippen molar-refractivity contribution in [1.82, 2.24) is 20.0 Å². The van der Waals surface area contributed by atoms with E-state index in [1.807, 2.05) is 0 Å². The highest BCUT2D eigenvalue weighted by Gasteiger charge is 2.17. The lowest BCUT2D eigenvalue weighted by Crippen LogP contribution is -2.23. The molecule has 0 unspecified atom stereocenters. The van der Waals surface area contributed by atoms with Crippen LogP contribution < -0.4 is 10.0 Å². The molecule has 0 aliphatic rings. The molecule has 0 saturated carbocycles. The Morgan fingerprint density at radius 3 is 2.56 bits per heavy atom. The first-order chi connectivity index (χ1) is 12.9. The Hall–Kier alpha value is -3.25. The molecule has 0 aliphatic heterocycles. The van der Waals surface area contributed by atoms with Gasteiger partial charge in [-0.2, -0.15) is 4.98 Å². The molecule has 0 atom stereocenters. The van der Waals surface area contributed by atoms with Gasteiger partial charge in [0, 0.05) is 11.8 Å². The van der Waals surface area contributed by atoms with Gasteiger partial charge in [0.2, 0.25) is 21.7 Å². The van der Waals surface area contributed by atoms with Gasteiger partial charge in [-0.3, -0.25) is 5.32 Å². The molecule has 0 radical (unpaired) electrons. The van der Waals surface area contributed by atoms with Crippen LogP contribution in [0.4, 0.5) is 10.5 Å². The first kappa shape index (κ1) is 18.5. The summed E-state index contributed by atoms with van der Waals surface area (Å²) in [6, 6.07) is 7.17. The minimum absolute atomic E-state index is 0.00443. The highest BCUT2D eigenvalue weighted by Crippen LogP contribution is 2.17. The van der Waals surface area contributed by atoms with Gasteiger partial charge in [0.25, 0.3) is 0 Å². The van der Waals surface area contributed by atoms with Gasteiger partial charge in [-0.15, -0.1) is 0 Å². The van der Waals surface area contributed by atoms with Gasteiger partial charge in [0.1, 0.15) is 5.76 Å². The van der Waals surface area contributed by atoms with Crippen molar-refractivity contribution in [3.05, 3.63) is 42.0 Å². The molecular weight excluding hydrogens is 378 g/mol. The van der Waals surface area contributed by atoms with Crippen LogP contribution >= 0.6 is 0 Å². The van der Waals surface area contributed by atoms with E-state index in [-0.39, 0.29) is 23.2 Å². The van der Waals surface area contributed by atoms with E-state index >= 15 is 0 Å². The molecule has 0 saturated heterocycles. The predicted octanol–water partition coefficient (Wildman–Crippen LogP) is 1.69. The van der Waals surface area contributed by atoms with E-state index in [1.165, 1.54) is 31.4 Å². The maximum atomic E-state index is 12.3. The third kappa shape index (κ3) is 4.48. The van der Waals surface area contributed by atoms with Crippen LogP contribution in [0.15, 0.2) is 44.3 Å². The zero-order valence-corrected chi connectivity index (χ0v) is 15.1. The van der Waals surface area contributed by atoms with Crippen molar-refractivity contribution in [2.75, 3.05) is 12.4 Å². The van der Waals surface area contributed by atoms with E-state index in [1.54, 1.807) is 13.0 Å². The number of benzene rings is 1. The fourth-order valence-electron chi connectivity index (χ4n) is 2.03. The maximum absolute atomic E-state index is 12.3. The van der Waals surface area contributed by atoms with Crippen molar-refractivity contribution in [2.45, 2.75) is 18.4 Å². The minimum Gasteiger partial charge on any atom is -0.453 e. The van der Waals surface area contributed by atoms with E-state index < -0.39 is 16.1 Å². The van der Waals surface area contributed by atoms with Crippen molar-refractivity contribution in [1.29, 1.82) is 0 Å². The zero-order valence-electron chi connectivity index (χ0n) is 14.3. The number of aromatic nitrogens is 3. The van der Waals surface area contributed by atoms with Crippen molar-refractivity contribution >= 4 is 21.8 Å². The molecular formula is C15H15N5O6S. The fourth-order valence-corrected chi connectivity index (χ4v) is 3.00. The average Bonchev–Trinajstić information content (AvgIpc) is 3.29. The number of nitrogens with one attached hydrogen (secondary N) is 2. The Kier molecular flexibility index (Phi) is 5.19. The maximum Gasteiger partial charge on any atom is 0.411 e. The predicted molar refractivity (Wildman–Crippen MR) is 91.0 cm³/mol. The van der Waals surface area contributed by atoms with Crippen LogP contribution in [0.1, 0.15) is 11.7 Å². The molecule has 0 fully saturated rings. The van der Waals surface area contributed by atoms with Gasteiger partial charge in [-0.1, -0.05) is 10.3 Å². The number of carbonyl (C=O) groups excluding carboxylic acids is 1. The van der Waals surface area contributed by atoms with Crippen molar-refractivity contribution < 1.29 is 27.0 Å². The van der Waals surface area contributed by atoms with Crippen LogP contribution in [0.2, 0.25) is 0 Å². The van der Waals surface area contributed by atoms with Gasteiger partial charge in [0.05, 0.1) is 18.6 Å². The first-order valence-corrected chi connectivity index (χ1v) is 9.06. The standard InChI is InChI=1S/C15H15N5O6S/c1-9-7-12(19-25-9)14-18-13(26-20-14)8-16-27(22,23)11-5-3-10(4-6-11)17-15(21)24-2/h3-7,16H,8H2,1-2H3,(H,17,21).